The lowest BCUT2D eigenvalue weighted by Gasteiger charge is -2.20. The predicted molar refractivity (Wildman–Crippen MR) is 116 cm³/mol. The summed E-state index contributed by atoms with van der Waals surface area (Å²) in [5.41, 5.74) is 2.30. The summed E-state index contributed by atoms with van der Waals surface area (Å²) in [4.78, 5) is 7.24. The van der Waals surface area contributed by atoms with Crippen LogP contribution in [0.3, 0.4) is 0 Å². The highest BCUT2D eigenvalue weighted by atomic mass is 127. The fourth-order valence-corrected chi connectivity index (χ4v) is 2.84. The number of likely N-dealkylation sites (N-methyl/N-ethyl adjacent to an activating group) is 1. The molecule has 0 atom stereocenters. The highest BCUT2D eigenvalue weighted by molar-refractivity contribution is 14.0. The third-order valence-corrected chi connectivity index (χ3v) is 4.36. The molecule has 0 amide bonds. The van der Waals surface area contributed by atoms with Crippen LogP contribution in [-0.4, -0.2) is 50.2 Å². The van der Waals surface area contributed by atoms with Crippen molar-refractivity contribution in [3.8, 4) is 5.75 Å². The van der Waals surface area contributed by atoms with Crippen LogP contribution in [0, 0.1) is 6.92 Å². The fraction of sp³-hybridized carbons (Fsp3) is 0.632. The zero-order valence-electron chi connectivity index (χ0n) is 16.0. The second-order valence-corrected chi connectivity index (χ2v) is 6.30. The number of benzene rings is 1. The number of aryl methyl sites for hydroxylation is 1. The van der Waals surface area contributed by atoms with Gasteiger partial charge in [-0.1, -0.05) is 19.1 Å². The van der Waals surface area contributed by atoms with Crippen molar-refractivity contribution >= 4 is 29.9 Å². The van der Waals surface area contributed by atoms with Gasteiger partial charge >= 0.3 is 0 Å². The van der Waals surface area contributed by atoms with Crippen LogP contribution in [0.25, 0.3) is 0 Å². The molecule has 0 spiro atoms. The summed E-state index contributed by atoms with van der Waals surface area (Å²) in [6, 6.07) is 7.06. The van der Waals surface area contributed by atoms with Crippen LogP contribution in [0.1, 0.15) is 37.8 Å². The molecule has 1 aromatic rings. The van der Waals surface area contributed by atoms with Crippen molar-refractivity contribution in [2.45, 2.75) is 46.2 Å². The molecule has 0 heterocycles. The molecule has 1 fully saturated rings. The van der Waals surface area contributed by atoms with Gasteiger partial charge in [0.1, 0.15) is 5.75 Å². The maximum absolute atomic E-state index is 5.46. The zero-order chi connectivity index (χ0) is 17.4. The lowest BCUT2D eigenvalue weighted by Crippen LogP contribution is -2.42. The molecule has 1 aliphatic carbocycles. The molecule has 0 radical (unpaired) electrons. The van der Waals surface area contributed by atoms with E-state index in [0.29, 0.717) is 6.54 Å². The molecule has 2 N–H and O–H groups in total. The van der Waals surface area contributed by atoms with Crippen LogP contribution >= 0.6 is 24.0 Å². The molecule has 0 aliphatic heterocycles. The number of nitrogens with zero attached hydrogens (tertiary/aromatic N) is 2. The number of methoxy groups -OCH3 is 1. The van der Waals surface area contributed by atoms with Gasteiger partial charge in [-0.3, -0.25) is 4.90 Å². The van der Waals surface area contributed by atoms with E-state index in [1.54, 1.807) is 7.11 Å². The van der Waals surface area contributed by atoms with Crippen LogP contribution in [0.2, 0.25) is 0 Å². The summed E-state index contributed by atoms with van der Waals surface area (Å²) in [5, 5.41) is 6.76. The third-order valence-electron chi connectivity index (χ3n) is 4.36. The molecule has 0 saturated heterocycles. The highest BCUT2D eigenvalue weighted by Gasteiger charge is 2.27. The number of ether oxygens (including phenoxy) is 1. The minimum atomic E-state index is 0. The quantitative estimate of drug-likeness (QED) is 0.338. The molecule has 1 aliphatic rings. The van der Waals surface area contributed by atoms with Crippen molar-refractivity contribution in [1.82, 2.24) is 15.5 Å². The first-order valence-corrected chi connectivity index (χ1v) is 9.07. The largest absolute Gasteiger partial charge is 0.496 e. The van der Waals surface area contributed by atoms with Crippen molar-refractivity contribution in [2.75, 3.05) is 33.3 Å². The Bertz CT molecular complexity index is 546. The Labute approximate surface area is 169 Å². The summed E-state index contributed by atoms with van der Waals surface area (Å²) in [7, 11) is 1.71. The summed E-state index contributed by atoms with van der Waals surface area (Å²) in [6.45, 7) is 11.0. The Morgan fingerprint density at radius 2 is 2.04 bits per heavy atom. The van der Waals surface area contributed by atoms with Gasteiger partial charge in [-0.2, -0.15) is 0 Å². The van der Waals surface area contributed by atoms with E-state index in [1.807, 2.05) is 0 Å². The van der Waals surface area contributed by atoms with Crippen LogP contribution in [0.5, 0.6) is 5.75 Å². The molecule has 5 nitrogen and oxygen atoms in total. The van der Waals surface area contributed by atoms with Crippen molar-refractivity contribution in [3.05, 3.63) is 29.3 Å². The van der Waals surface area contributed by atoms with E-state index in [2.05, 4.69) is 54.5 Å². The van der Waals surface area contributed by atoms with Gasteiger partial charge in [0.2, 0.25) is 0 Å². The SMILES string of the molecule is CCNC(=NCc1ccc(C)cc1OC)NCCN(CC)C1CC1.I. The normalized spacial score (nSPS) is 14.2. The van der Waals surface area contributed by atoms with Gasteiger partial charge in [0.05, 0.1) is 13.7 Å². The van der Waals surface area contributed by atoms with Gasteiger partial charge in [-0.15, -0.1) is 24.0 Å². The fourth-order valence-electron chi connectivity index (χ4n) is 2.84. The smallest absolute Gasteiger partial charge is 0.191 e. The van der Waals surface area contributed by atoms with Crippen LogP contribution < -0.4 is 15.4 Å². The van der Waals surface area contributed by atoms with Gasteiger partial charge in [-0.05, 0) is 44.9 Å². The van der Waals surface area contributed by atoms with E-state index in [0.717, 1.165) is 49.5 Å². The number of aliphatic imine (C=N–C) groups is 1. The second kappa shape index (κ2) is 11.6. The molecule has 25 heavy (non-hydrogen) atoms. The maximum atomic E-state index is 5.46. The molecular formula is C19H33IN4O. The standard InChI is InChI=1S/C19H32N4O.HI/c1-5-20-19(21-11-12-23(6-2)17-9-10-17)22-14-16-8-7-15(3)13-18(16)24-4;/h7-8,13,17H,5-6,9-12,14H2,1-4H3,(H2,20,21,22);1H. The molecule has 1 saturated carbocycles. The summed E-state index contributed by atoms with van der Waals surface area (Å²) in [6.07, 6.45) is 2.71. The molecule has 0 aromatic heterocycles. The molecule has 2 rings (SSSR count). The lowest BCUT2D eigenvalue weighted by molar-refractivity contribution is 0.282. The van der Waals surface area contributed by atoms with Gasteiger partial charge < -0.3 is 15.4 Å². The Hall–Kier alpha value is -1.02. The molecule has 0 bridgehead atoms. The number of rotatable bonds is 9. The Morgan fingerprint density at radius 3 is 2.64 bits per heavy atom. The zero-order valence-corrected chi connectivity index (χ0v) is 18.3. The van der Waals surface area contributed by atoms with E-state index < -0.39 is 0 Å². The van der Waals surface area contributed by atoms with Gasteiger partial charge in [0.25, 0.3) is 0 Å². The molecule has 1 aromatic carbocycles. The van der Waals surface area contributed by atoms with Gasteiger partial charge in [0, 0.05) is 31.2 Å². The molecule has 0 unspecified atom stereocenters. The van der Waals surface area contributed by atoms with Gasteiger partial charge in [0.15, 0.2) is 5.96 Å². The van der Waals surface area contributed by atoms with E-state index in [4.69, 9.17) is 9.73 Å². The minimum Gasteiger partial charge on any atom is -0.496 e. The molecular weight excluding hydrogens is 427 g/mol. The maximum Gasteiger partial charge on any atom is 0.191 e. The van der Waals surface area contributed by atoms with Crippen molar-refractivity contribution in [3.63, 3.8) is 0 Å². The number of guanidine groups is 1. The van der Waals surface area contributed by atoms with Crippen LogP contribution in [0.4, 0.5) is 0 Å². The monoisotopic (exact) mass is 460 g/mol. The average molecular weight is 460 g/mol. The van der Waals surface area contributed by atoms with Crippen LogP contribution in [-0.2, 0) is 6.54 Å². The number of hydrogen-bond acceptors (Lipinski definition) is 3. The van der Waals surface area contributed by atoms with Gasteiger partial charge in [-0.25, -0.2) is 4.99 Å². The Morgan fingerprint density at radius 1 is 1.28 bits per heavy atom. The van der Waals surface area contributed by atoms with E-state index in [9.17, 15) is 0 Å². The second-order valence-electron chi connectivity index (χ2n) is 6.30. The lowest BCUT2D eigenvalue weighted by atomic mass is 10.1. The Balaban J connectivity index is 0.00000312. The summed E-state index contributed by atoms with van der Waals surface area (Å²) in [5.74, 6) is 1.77. The Kier molecular flexibility index (Phi) is 10.2. The molecule has 6 heteroatoms. The first-order valence-electron chi connectivity index (χ1n) is 9.07. The van der Waals surface area contributed by atoms with Crippen LogP contribution in [0.15, 0.2) is 23.2 Å². The van der Waals surface area contributed by atoms with Crippen molar-refractivity contribution < 1.29 is 4.74 Å². The predicted octanol–water partition coefficient (Wildman–Crippen LogP) is 3.16. The van der Waals surface area contributed by atoms with Crippen molar-refractivity contribution in [1.29, 1.82) is 0 Å². The third kappa shape index (κ3) is 7.40. The minimum absolute atomic E-state index is 0. The average Bonchev–Trinajstić information content (AvgIpc) is 3.42. The first kappa shape index (κ1) is 22.0. The highest BCUT2D eigenvalue weighted by Crippen LogP contribution is 2.25. The first-order chi connectivity index (χ1) is 11.7. The summed E-state index contributed by atoms with van der Waals surface area (Å²) >= 11 is 0. The summed E-state index contributed by atoms with van der Waals surface area (Å²) < 4.78 is 5.46. The number of nitrogens with one attached hydrogen (secondary N) is 2. The number of halogens is 1. The van der Waals surface area contributed by atoms with E-state index >= 15 is 0 Å². The molecule has 142 valence electrons. The van der Waals surface area contributed by atoms with E-state index in [-0.39, 0.29) is 24.0 Å². The van der Waals surface area contributed by atoms with Crippen molar-refractivity contribution in [2.24, 2.45) is 4.99 Å². The topological polar surface area (TPSA) is 48.9 Å². The number of hydrogen-bond donors (Lipinski definition) is 2. The van der Waals surface area contributed by atoms with E-state index in [1.165, 1.54) is 18.4 Å².